The standard InChI is InChI=1S/C18H20N2O2S/c1-19-14-9-13(12-7-8-21-18(12)14)17-15(22-10-11-3-4-11)5-6-16(20-17)23-2/h5-9,11,14,19H,3-4,10H2,1-2H3. The minimum atomic E-state index is 0.0889. The van der Waals surface area contributed by atoms with Crippen LogP contribution in [-0.2, 0) is 0 Å². The van der Waals surface area contributed by atoms with E-state index in [2.05, 4.69) is 11.4 Å². The smallest absolute Gasteiger partial charge is 0.145 e. The maximum atomic E-state index is 6.07. The Morgan fingerprint density at radius 2 is 2.22 bits per heavy atom. The maximum absolute atomic E-state index is 6.07. The first-order valence-corrected chi connectivity index (χ1v) is 9.17. The lowest BCUT2D eigenvalue weighted by Crippen LogP contribution is -2.11. The molecule has 0 saturated heterocycles. The molecule has 120 valence electrons. The molecule has 0 spiro atoms. The van der Waals surface area contributed by atoms with Crippen molar-refractivity contribution in [3.8, 4) is 5.75 Å². The van der Waals surface area contributed by atoms with Gasteiger partial charge in [-0.3, -0.25) is 0 Å². The van der Waals surface area contributed by atoms with Crippen LogP contribution in [0.3, 0.4) is 0 Å². The molecule has 0 amide bonds. The van der Waals surface area contributed by atoms with E-state index in [4.69, 9.17) is 14.1 Å². The van der Waals surface area contributed by atoms with Crippen molar-refractivity contribution < 1.29 is 9.15 Å². The summed E-state index contributed by atoms with van der Waals surface area (Å²) >= 11 is 1.64. The average molecular weight is 328 g/mol. The summed E-state index contributed by atoms with van der Waals surface area (Å²) in [4.78, 5) is 4.82. The van der Waals surface area contributed by atoms with Gasteiger partial charge in [0.15, 0.2) is 0 Å². The van der Waals surface area contributed by atoms with Crippen molar-refractivity contribution in [2.75, 3.05) is 19.9 Å². The highest BCUT2D eigenvalue weighted by Gasteiger charge is 2.29. The van der Waals surface area contributed by atoms with Crippen molar-refractivity contribution in [1.82, 2.24) is 10.3 Å². The van der Waals surface area contributed by atoms with E-state index in [1.807, 2.05) is 31.5 Å². The Bertz CT molecular complexity index is 749. The molecule has 23 heavy (non-hydrogen) atoms. The van der Waals surface area contributed by atoms with Gasteiger partial charge in [-0.15, -0.1) is 11.8 Å². The number of rotatable bonds is 6. The highest BCUT2D eigenvalue weighted by Crippen LogP contribution is 2.42. The Morgan fingerprint density at radius 3 is 2.96 bits per heavy atom. The molecule has 1 atom stereocenters. The molecule has 2 aliphatic rings. The first-order valence-electron chi connectivity index (χ1n) is 7.95. The van der Waals surface area contributed by atoms with Gasteiger partial charge in [-0.25, -0.2) is 4.98 Å². The van der Waals surface area contributed by atoms with Crippen molar-refractivity contribution in [3.63, 3.8) is 0 Å². The van der Waals surface area contributed by atoms with Crippen molar-refractivity contribution in [1.29, 1.82) is 0 Å². The Morgan fingerprint density at radius 1 is 1.35 bits per heavy atom. The largest absolute Gasteiger partial charge is 0.491 e. The molecule has 5 heteroatoms. The van der Waals surface area contributed by atoms with E-state index >= 15 is 0 Å². The molecule has 1 unspecified atom stereocenters. The van der Waals surface area contributed by atoms with E-state index in [0.29, 0.717) is 0 Å². The Kier molecular flexibility index (Phi) is 3.91. The number of pyridine rings is 1. The highest BCUT2D eigenvalue weighted by atomic mass is 32.2. The van der Waals surface area contributed by atoms with E-state index in [0.717, 1.165) is 45.9 Å². The molecule has 1 fully saturated rings. The van der Waals surface area contributed by atoms with Crippen molar-refractivity contribution in [3.05, 3.63) is 47.6 Å². The van der Waals surface area contributed by atoms with Crippen LogP contribution in [0.25, 0.3) is 5.57 Å². The Balaban J connectivity index is 1.74. The fourth-order valence-electron chi connectivity index (χ4n) is 2.88. The normalized spacial score (nSPS) is 19.6. The Hall–Kier alpha value is -1.72. The summed E-state index contributed by atoms with van der Waals surface area (Å²) in [6, 6.07) is 6.17. The first kappa shape index (κ1) is 14.8. The van der Waals surface area contributed by atoms with Crippen molar-refractivity contribution >= 4 is 17.3 Å². The molecule has 2 aromatic heterocycles. The lowest BCUT2D eigenvalue weighted by Gasteiger charge is -2.12. The monoisotopic (exact) mass is 328 g/mol. The van der Waals surface area contributed by atoms with E-state index < -0.39 is 0 Å². The number of ether oxygens (including phenoxy) is 1. The zero-order valence-electron chi connectivity index (χ0n) is 13.3. The van der Waals surface area contributed by atoms with Gasteiger partial charge >= 0.3 is 0 Å². The number of fused-ring (bicyclic) bond motifs is 1. The predicted octanol–water partition coefficient (Wildman–Crippen LogP) is 3.89. The molecule has 2 aromatic rings. The van der Waals surface area contributed by atoms with Crippen LogP contribution in [0, 0.1) is 5.92 Å². The van der Waals surface area contributed by atoms with Gasteiger partial charge in [0.25, 0.3) is 0 Å². The third-order valence-electron chi connectivity index (χ3n) is 4.38. The molecular weight excluding hydrogens is 308 g/mol. The number of aromatic nitrogens is 1. The molecule has 2 heterocycles. The van der Waals surface area contributed by atoms with Crippen LogP contribution in [0.4, 0.5) is 0 Å². The van der Waals surface area contributed by atoms with Gasteiger partial charge in [-0.05, 0) is 56.3 Å². The van der Waals surface area contributed by atoms with Gasteiger partial charge in [0.05, 0.1) is 23.9 Å². The fraction of sp³-hybridized carbons (Fsp3) is 0.389. The van der Waals surface area contributed by atoms with Gasteiger partial charge in [-0.2, -0.15) is 0 Å². The van der Waals surface area contributed by atoms with E-state index in [1.54, 1.807) is 18.0 Å². The van der Waals surface area contributed by atoms with E-state index in [1.165, 1.54) is 12.8 Å². The second-order valence-electron chi connectivity index (χ2n) is 6.00. The van der Waals surface area contributed by atoms with Crippen LogP contribution in [0.2, 0.25) is 0 Å². The number of hydrogen-bond acceptors (Lipinski definition) is 5. The van der Waals surface area contributed by atoms with Crippen LogP contribution in [0.15, 0.2) is 40.0 Å². The van der Waals surface area contributed by atoms with Crippen LogP contribution < -0.4 is 10.1 Å². The minimum absolute atomic E-state index is 0.0889. The number of nitrogens with zero attached hydrogens (tertiary/aromatic N) is 1. The van der Waals surface area contributed by atoms with Gasteiger partial charge in [0.1, 0.15) is 17.2 Å². The summed E-state index contributed by atoms with van der Waals surface area (Å²) in [6.07, 6.45) is 8.51. The maximum Gasteiger partial charge on any atom is 0.145 e. The van der Waals surface area contributed by atoms with E-state index in [9.17, 15) is 0 Å². The van der Waals surface area contributed by atoms with Crippen LogP contribution in [-0.4, -0.2) is 24.9 Å². The van der Waals surface area contributed by atoms with Gasteiger partial charge < -0.3 is 14.5 Å². The molecule has 1 N–H and O–H groups in total. The molecule has 0 aliphatic heterocycles. The fourth-order valence-corrected chi connectivity index (χ4v) is 3.27. The number of hydrogen-bond donors (Lipinski definition) is 1. The number of likely N-dealkylation sites (N-methyl/N-ethyl adjacent to an activating group) is 1. The SMILES string of the molecule is CNC1C=C(c2nc(SC)ccc2OCC2CC2)c2ccoc21. The zero-order chi connectivity index (χ0) is 15.8. The highest BCUT2D eigenvalue weighted by molar-refractivity contribution is 7.98. The minimum Gasteiger partial charge on any atom is -0.491 e. The molecule has 4 rings (SSSR count). The van der Waals surface area contributed by atoms with Crippen LogP contribution in [0.1, 0.15) is 35.9 Å². The summed E-state index contributed by atoms with van der Waals surface area (Å²) in [5.41, 5.74) is 3.11. The second-order valence-corrected chi connectivity index (χ2v) is 6.83. The number of nitrogens with one attached hydrogen (secondary N) is 1. The summed E-state index contributed by atoms with van der Waals surface area (Å²) < 4.78 is 11.7. The molecule has 0 aromatic carbocycles. The number of thioether (sulfide) groups is 1. The molecule has 4 nitrogen and oxygen atoms in total. The lowest BCUT2D eigenvalue weighted by atomic mass is 10.1. The van der Waals surface area contributed by atoms with Gasteiger partial charge in [-0.1, -0.05) is 0 Å². The molecule has 1 saturated carbocycles. The summed E-state index contributed by atoms with van der Waals surface area (Å²) in [5.74, 6) is 2.53. The van der Waals surface area contributed by atoms with E-state index in [-0.39, 0.29) is 6.04 Å². The summed E-state index contributed by atoms with van der Waals surface area (Å²) in [5, 5.41) is 4.27. The Labute approximate surface area is 140 Å². The third kappa shape index (κ3) is 2.79. The van der Waals surface area contributed by atoms with Gasteiger partial charge in [0.2, 0.25) is 0 Å². The quantitative estimate of drug-likeness (QED) is 0.815. The number of furan rings is 1. The van der Waals surface area contributed by atoms with Crippen LogP contribution >= 0.6 is 11.8 Å². The van der Waals surface area contributed by atoms with Gasteiger partial charge in [0, 0.05) is 11.1 Å². The average Bonchev–Trinajstić information content (AvgIpc) is 3.17. The first-order chi connectivity index (χ1) is 11.3. The summed E-state index contributed by atoms with van der Waals surface area (Å²) in [6.45, 7) is 0.786. The second kappa shape index (κ2) is 6.06. The molecular formula is C18H20N2O2S. The van der Waals surface area contributed by atoms with Crippen LogP contribution in [0.5, 0.6) is 5.75 Å². The third-order valence-corrected chi connectivity index (χ3v) is 5.03. The topological polar surface area (TPSA) is 47.3 Å². The molecule has 0 radical (unpaired) electrons. The van der Waals surface area contributed by atoms with Crippen molar-refractivity contribution in [2.24, 2.45) is 5.92 Å². The summed E-state index contributed by atoms with van der Waals surface area (Å²) in [7, 11) is 1.94. The lowest BCUT2D eigenvalue weighted by molar-refractivity contribution is 0.297. The zero-order valence-corrected chi connectivity index (χ0v) is 14.2. The molecule has 2 aliphatic carbocycles. The predicted molar refractivity (Wildman–Crippen MR) is 91.8 cm³/mol. The molecule has 0 bridgehead atoms. The van der Waals surface area contributed by atoms with Crippen molar-refractivity contribution in [2.45, 2.75) is 23.9 Å².